The molecule has 4 nitrogen and oxygen atoms in total. The Bertz CT molecular complexity index is 358. The molecule has 0 atom stereocenters. The van der Waals surface area contributed by atoms with Crippen LogP contribution in [0.25, 0.3) is 0 Å². The number of rotatable bonds is 4. The van der Waals surface area contributed by atoms with Gasteiger partial charge < -0.3 is 16.8 Å². The third-order valence-electron chi connectivity index (χ3n) is 3.25. The zero-order valence-corrected chi connectivity index (χ0v) is 10.5. The van der Waals surface area contributed by atoms with Gasteiger partial charge in [0.2, 0.25) is 0 Å². The van der Waals surface area contributed by atoms with Gasteiger partial charge in [0.1, 0.15) is 11.6 Å². The molecule has 0 unspecified atom stereocenters. The lowest BCUT2D eigenvalue weighted by Gasteiger charge is -2.29. The van der Waals surface area contributed by atoms with E-state index in [1.807, 2.05) is 6.07 Å². The van der Waals surface area contributed by atoms with Crippen molar-refractivity contribution in [2.45, 2.75) is 27.7 Å². The highest BCUT2D eigenvalue weighted by atomic mass is 15.0. The number of pyridine rings is 1. The minimum Gasteiger partial charge on any atom is -0.396 e. The molecule has 16 heavy (non-hydrogen) atoms. The molecule has 0 bridgehead atoms. The summed E-state index contributed by atoms with van der Waals surface area (Å²) >= 11 is 0. The first-order valence-electron chi connectivity index (χ1n) is 5.59. The standard InChI is InChI=1S/C12H22N4/c1-8(2)12(3,4)7-15-10-6-5-9(13)11(14)16-10/h5-6,8H,7,13H2,1-4H3,(H3,14,15,16). The number of anilines is 3. The van der Waals surface area contributed by atoms with Crippen LogP contribution in [0.2, 0.25) is 0 Å². The van der Waals surface area contributed by atoms with Crippen LogP contribution in [-0.4, -0.2) is 11.5 Å². The molecule has 90 valence electrons. The summed E-state index contributed by atoms with van der Waals surface area (Å²) in [6.07, 6.45) is 0. The molecule has 1 heterocycles. The largest absolute Gasteiger partial charge is 0.396 e. The van der Waals surface area contributed by atoms with Gasteiger partial charge in [0.15, 0.2) is 0 Å². The van der Waals surface area contributed by atoms with Crippen LogP contribution in [0, 0.1) is 11.3 Å². The van der Waals surface area contributed by atoms with Gasteiger partial charge in [-0.3, -0.25) is 0 Å². The van der Waals surface area contributed by atoms with Gasteiger partial charge in [-0.05, 0) is 23.5 Å². The number of hydrogen-bond donors (Lipinski definition) is 3. The molecule has 0 saturated carbocycles. The molecule has 1 rings (SSSR count). The third-order valence-corrected chi connectivity index (χ3v) is 3.25. The van der Waals surface area contributed by atoms with Crippen LogP contribution < -0.4 is 16.8 Å². The van der Waals surface area contributed by atoms with E-state index in [1.165, 1.54) is 0 Å². The van der Waals surface area contributed by atoms with E-state index in [0.29, 0.717) is 17.4 Å². The molecule has 4 heteroatoms. The minimum absolute atomic E-state index is 0.220. The summed E-state index contributed by atoms with van der Waals surface area (Å²) < 4.78 is 0. The normalized spacial score (nSPS) is 11.8. The number of hydrogen-bond acceptors (Lipinski definition) is 4. The quantitative estimate of drug-likeness (QED) is 0.730. The topological polar surface area (TPSA) is 77.0 Å². The summed E-state index contributed by atoms with van der Waals surface area (Å²) in [6, 6.07) is 3.62. The average Bonchev–Trinajstić information content (AvgIpc) is 2.20. The van der Waals surface area contributed by atoms with Crippen molar-refractivity contribution in [2.75, 3.05) is 23.3 Å². The zero-order chi connectivity index (χ0) is 12.3. The molecule has 0 saturated heterocycles. The van der Waals surface area contributed by atoms with Gasteiger partial charge in [0.05, 0.1) is 5.69 Å². The first-order chi connectivity index (χ1) is 7.33. The molecule has 0 aromatic carbocycles. The van der Waals surface area contributed by atoms with E-state index in [1.54, 1.807) is 6.07 Å². The summed E-state index contributed by atoms with van der Waals surface area (Å²) in [5, 5.41) is 3.29. The van der Waals surface area contributed by atoms with Crippen molar-refractivity contribution >= 4 is 17.3 Å². The molecule has 0 aliphatic carbocycles. The van der Waals surface area contributed by atoms with E-state index in [-0.39, 0.29) is 5.41 Å². The summed E-state index contributed by atoms with van der Waals surface area (Å²) in [5.41, 5.74) is 12.0. The first kappa shape index (κ1) is 12.6. The fourth-order valence-electron chi connectivity index (χ4n) is 1.11. The molecule has 0 aliphatic rings. The second-order valence-corrected chi connectivity index (χ2v) is 5.17. The number of nitrogens with zero attached hydrogens (tertiary/aromatic N) is 1. The SMILES string of the molecule is CC(C)C(C)(C)CNc1ccc(N)c(N)n1. The highest BCUT2D eigenvalue weighted by Gasteiger charge is 2.21. The van der Waals surface area contributed by atoms with Gasteiger partial charge in [-0.2, -0.15) is 0 Å². The fourth-order valence-corrected chi connectivity index (χ4v) is 1.11. The van der Waals surface area contributed by atoms with Crippen LogP contribution >= 0.6 is 0 Å². The first-order valence-corrected chi connectivity index (χ1v) is 5.59. The Kier molecular flexibility index (Phi) is 3.62. The maximum Gasteiger partial charge on any atom is 0.149 e. The van der Waals surface area contributed by atoms with Crippen molar-refractivity contribution in [2.24, 2.45) is 11.3 Å². The Morgan fingerprint density at radius 1 is 1.31 bits per heavy atom. The van der Waals surface area contributed by atoms with Crippen LogP contribution in [-0.2, 0) is 0 Å². The lowest BCUT2D eigenvalue weighted by atomic mass is 9.81. The monoisotopic (exact) mass is 222 g/mol. The Morgan fingerprint density at radius 3 is 2.44 bits per heavy atom. The highest BCUT2D eigenvalue weighted by molar-refractivity contribution is 5.61. The van der Waals surface area contributed by atoms with Gasteiger partial charge in [-0.15, -0.1) is 0 Å². The second-order valence-electron chi connectivity index (χ2n) is 5.17. The van der Waals surface area contributed by atoms with Crippen LogP contribution in [0.5, 0.6) is 0 Å². The van der Waals surface area contributed by atoms with Gasteiger partial charge in [-0.25, -0.2) is 4.98 Å². The number of nitrogens with one attached hydrogen (secondary N) is 1. The molecule has 5 N–H and O–H groups in total. The van der Waals surface area contributed by atoms with Crippen molar-refractivity contribution in [1.29, 1.82) is 0 Å². The fraction of sp³-hybridized carbons (Fsp3) is 0.583. The third kappa shape index (κ3) is 3.02. The highest BCUT2D eigenvalue weighted by Crippen LogP contribution is 2.26. The van der Waals surface area contributed by atoms with Crippen molar-refractivity contribution in [3.05, 3.63) is 12.1 Å². The van der Waals surface area contributed by atoms with E-state index in [0.717, 1.165) is 12.4 Å². The van der Waals surface area contributed by atoms with Crippen LogP contribution in [0.15, 0.2) is 12.1 Å². The van der Waals surface area contributed by atoms with Crippen molar-refractivity contribution in [1.82, 2.24) is 4.98 Å². The van der Waals surface area contributed by atoms with Crippen LogP contribution in [0.1, 0.15) is 27.7 Å². The summed E-state index contributed by atoms with van der Waals surface area (Å²) in [7, 11) is 0. The number of nitrogens with two attached hydrogens (primary N) is 2. The zero-order valence-electron chi connectivity index (χ0n) is 10.5. The van der Waals surface area contributed by atoms with E-state index in [4.69, 9.17) is 11.5 Å². The van der Waals surface area contributed by atoms with E-state index < -0.39 is 0 Å². The molecule has 0 amide bonds. The maximum atomic E-state index is 5.64. The van der Waals surface area contributed by atoms with Gasteiger partial charge in [-0.1, -0.05) is 27.7 Å². The summed E-state index contributed by atoms with van der Waals surface area (Å²) in [6.45, 7) is 9.75. The van der Waals surface area contributed by atoms with Crippen LogP contribution in [0.3, 0.4) is 0 Å². The Labute approximate surface area is 97.4 Å². The lowest BCUT2D eigenvalue weighted by molar-refractivity contribution is 0.269. The Morgan fingerprint density at radius 2 is 1.94 bits per heavy atom. The smallest absolute Gasteiger partial charge is 0.149 e. The maximum absolute atomic E-state index is 5.64. The molecular weight excluding hydrogens is 200 g/mol. The van der Waals surface area contributed by atoms with Gasteiger partial charge in [0, 0.05) is 6.54 Å². The van der Waals surface area contributed by atoms with Gasteiger partial charge in [0.25, 0.3) is 0 Å². The lowest BCUT2D eigenvalue weighted by Crippen LogP contribution is -2.28. The Hall–Kier alpha value is -1.45. The van der Waals surface area contributed by atoms with Gasteiger partial charge >= 0.3 is 0 Å². The second kappa shape index (κ2) is 4.60. The summed E-state index contributed by atoms with van der Waals surface area (Å²) in [4.78, 5) is 4.18. The molecule has 0 aliphatic heterocycles. The van der Waals surface area contributed by atoms with Crippen LogP contribution in [0.4, 0.5) is 17.3 Å². The molecule has 0 fully saturated rings. The number of aromatic nitrogens is 1. The van der Waals surface area contributed by atoms with Crippen molar-refractivity contribution < 1.29 is 0 Å². The molecule has 0 spiro atoms. The molecule has 0 radical (unpaired) electrons. The average molecular weight is 222 g/mol. The number of nitrogen functional groups attached to an aromatic ring is 2. The molecular formula is C12H22N4. The predicted molar refractivity (Wildman–Crippen MR) is 70.2 cm³/mol. The minimum atomic E-state index is 0.220. The predicted octanol–water partition coefficient (Wildman–Crippen LogP) is 2.34. The summed E-state index contributed by atoms with van der Waals surface area (Å²) in [5.74, 6) is 1.76. The van der Waals surface area contributed by atoms with Crippen molar-refractivity contribution in [3.63, 3.8) is 0 Å². The van der Waals surface area contributed by atoms with E-state index in [2.05, 4.69) is 38.0 Å². The van der Waals surface area contributed by atoms with Crippen molar-refractivity contribution in [3.8, 4) is 0 Å². The van der Waals surface area contributed by atoms with E-state index in [9.17, 15) is 0 Å². The molecule has 1 aromatic heterocycles. The molecule has 1 aromatic rings. The van der Waals surface area contributed by atoms with E-state index >= 15 is 0 Å². The Balaban J connectivity index is 2.65.